The van der Waals surface area contributed by atoms with E-state index < -0.39 is 10.0 Å². The van der Waals surface area contributed by atoms with Crippen LogP contribution in [0.15, 0.2) is 65.8 Å². The molecule has 2 aromatic carbocycles. The fourth-order valence-electron chi connectivity index (χ4n) is 2.32. The fourth-order valence-corrected chi connectivity index (χ4v) is 3.61. The molecule has 23 heavy (non-hydrogen) atoms. The molecule has 0 radical (unpaired) electrons. The van der Waals surface area contributed by atoms with Gasteiger partial charge in [0.2, 0.25) is 0 Å². The number of hydrogen-bond acceptors (Lipinski definition) is 4. The molecule has 0 unspecified atom stereocenters. The largest absolute Gasteiger partial charge is 0.494 e. The minimum Gasteiger partial charge on any atom is -0.494 e. The smallest absolute Gasteiger partial charge is 0.262 e. The Labute approximate surface area is 135 Å². The van der Waals surface area contributed by atoms with Crippen LogP contribution in [0.25, 0.3) is 10.8 Å². The molecule has 0 spiro atoms. The summed E-state index contributed by atoms with van der Waals surface area (Å²) in [6.07, 6.45) is 3.23. The van der Waals surface area contributed by atoms with E-state index in [0.717, 1.165) is 5.39 Å². The summed E-state index contributed by atoms with van der Waals surface area (Å²) >= 11 is 0. The summed E-state index contributed by atoms with van der Waals surface area (Å²) in [5.41, 5.74) is 0.486. The lowest BCUT2D eigenvalue weighted by Gasteiger charge is -2.11. The number of aromatic nitrogens is 1. The first-order valence-corrected chi connectivity index (χ1v) is 8.67. The summed E-state index contributed by atoms with van der Waals surface area (Å²) in [6.45, 7) is 2.46. The van der Waals surface area contributed by atoms with E-state index in [-0.39, 0.29) is 4.90 Å². The highest BCUT2D eigenvalue weighted by Gasteiger charge is 2.17. The van der Waals surface area contributed by atoms with E-state index in [9.17, 15) is 8.42 Å². The van der Waals surface area contributed by atoms with Crippen molar-refractivity contribution in [3.05, 3.63) is 60.9 Å². The van der Waals surface area contributed by atoms with E-state index in [4.69, 9.17) is 4.74 Å². The number of sulfonamides is 1. The Balaban J connectivity index is 1.94. The Morgan fingerprint density at radius 2 is 1.87 bits per heavy atom. The van der Waals surface area contributed by atoms with Crippen LogP contribution in [0.5, 0.6) is 5.75 Å². The predicted octanol–water partition coefficient (Wildman–Crippen LogP) is 3.43. The highest BCUT2D eigenvalue weighted by molar-refractivity contribution is 7.93. The van der Waals surface area contributed by atoms with Gasteiger partial charge in [0.15, 0.2) is 0 Å². The Kier molecular flexibility index (Phi) is 4.16. The van der Waals surface area contributed by atoms with Crippen LogP contribution in [0.4, 0.5) is 5.69 Å². The molecule has 5 nitrogen and oxygen atoms in total. The van der Waals surface area contributed by atoms with Crippen molar-refractivity contribution in [1.82, 2.24) is 4.98 Å². The lowest BCUT2D eigenvalue weighted by molar-refractivity contribution is 0.340. The molecule has 118 valence electrons. The second-order valence-electron chi connectivity index (χ2n) is 4.92. The summed E-state index contributed by atoms with van der Waals surface area (Å²) < 4.78 is 33.3. The van der Waals surface area contributed by atoms with Gasteiger partial charge in [-0.1, -0.05) is 12.1 Å². The molecule has 1 heterocycles. The first kappa shape index (κ1) is 15.3. The monoisotopic (exact) mass is 328 g/mol. The standard InChI is InChI=1S/C17H16N2O3S/c1-2-22-15-8-6-14(7-9-15)19-23(20,21)17-5-3-4-13-12-18-11-10-16(13)17/h3-12,19H,2H2,1H3. The van der Waals surface area contributed by atoms with Crippen molar-refractivity contribution in [2.75, 3.05) is 11.3 Å². The Morgan fingerprint density at radius 3 is 2.61 bits per heavy atom. The van der Waals surface area contributed by atoms with Crippen molar-refractivity contribution in [3.63, 3.8) is 0 Å². The van der Waals surface area contributed by atoms with Crippen molar-refractivity contribution in [1.29, 1.82) is 0 Å². The van der Waals surface area contributed by atoms with E-state index in [1.807, 2.05) is 13.0 Å². The van der Waals surface area contributed by atoms with Gasteiger partial charge in [-0.25, -0.2) is 8.42 Å². The molecule has 0 aliphatic rings. The highest BCUT2D eigenvalue weighted by Crippen LogP contribution is 2.25. The van der Waals surface area contributed by atoms with Crippen molar-refractivity contribution in [3.8, 4) is 5.75 Å². The number of ether oxygens (including phenoxy) is 1. The minimum atomic E-state index is -3.68. The summed E-state index contributed by atoms with van der Waals surface area (Å²) in [5.74, 6) is 0.701. The lowest BCUT2D eigenvalue weighted by Crippen LogP contribution is -2.13. The number of nitrogens with zero attached hydrogens (tertiary/aromatic N) is 1. The van der Waals surface area contributed by atoms with Gasteiger partial charge in [0, 0.05) is 28.9 Å². The Hall–Kier alpha value is -2.60. The number of pyridine rings is 1. The topological polar surface area (TPSA) is 68.3 Å². The average molecular weight is 328 g/mol. The van der Waals surface area contributed by atoms with E-state index in [1.165, 1.54) is 0 Å². The zero-order valence-corrected chi connectivity index (χ0v) is 13.4. The number of benzene rings is 2. The van der Waals surface area contributed by atoms with E-state index >= 15 is 0 Å². The average Bonchev–Trinajstić information content (AvgIpc) is 2.56. The normalized spacial score (nSPS) is 11.3. The van der Waals surface area contributed by atoms with Gasteiger partial charge in [-0.3, -0.25) is 9.71 Å². The third-order valence-electron chi connectivity index (χ3n) is 3.35. The quantitative estimate of drug-likeness (QED) is 0.779. The molecular weight excluding hydrogens is 312 g/mol. The zero-order chi connectivity index (χ0) is 16.3. The molecule has 0 atom stereocenters. The maximum atomic E-state index is 12.7. The number of hydrogen-bond donors (Lipinski definition) is 1. The van der Waals surface area contributed by atoms with E-state index in [2.05, 4.69) is 9.71 Å². The first-order chi connectivity index (χ1) is 11.1. The molecule has 0 saturated heterocycles. The van der Waals surface area contributed by atoms with Gasteiger partial charge in [-0.2, -0.15) is 0 Å². The van der Waals surface area contributed by atoms with Crippen LogP contribution < -0.4 is 9.46 Å². The van der Waals surface area contributed by atoms with Crippen molar-refractivity contribution >= 4 is 26.5 Å². The molecule has 0 aliphatic heterocycles. The van der Waals surface area contributed by atoms with Gasteiger partial charge in [0.25, 0.3) is 10.0 Å². The molecular formula is C17H16N2O3S. The van der Waals surface area contributed by atoms with E-state index in [1.54, 1.807) is 54.9 Å². The van der Waals surface area contributed by atoms with Crippen LogP contribution in [0.1, 0.15) is 6.92 Å². The molecule has 0 amide bonds. The van der Waals surface area contributed by atoms with Gasteiger partial charge in [0.1, 0.15) is 5.75 Å². The molecule has 0 aliphatic carbocycles. The molecule has 3 rings (SSSR count). The maximum Gasteiger partial charge on any atom is 0.262 e. The Bertz CT molecular complexity index is 917. The molecule has 1 aromatic heterocycles. The maximum absolute atomic E-state index is 12.7. The fraction of sp³-hybridized carbons (Fsp3) is 0.118. The summed E-state index contributed by atoms with van der Waals surface area (Å²) in [6, 6.07) is 13.6. The van der Waals surface area contributed by atoms with Crippen LogP contribution in [-0.4, -0.2) is 20.0 Å². The third kappa shape index (κ3) is 3.27. The second-order valence-corrected chi connectivity index (χ2v) is 6.57. The van der Waals surface area contributed by atoms with Gasteiger partial charge in [0.05, 0.1) is 11.5 Å². The van der Waals surface area contributed by atoms with Gasteiger partial charge in [-0.15, -0.1) is 0 Å². The van der Waals surface area contributed by atoms with Crippen LogP contribution in [0.3, 0.4) is 0 Å². The molecule has 0 saturated carbocycles. The minimum absolute atomic E-state index is 0.228. The van der Waals surface area contributed by atoms with Crippen LogP contribution in [0.2, 0.25) is 0 Å². The van der Waals surface area contributed by atoms with E-state index in [0.29, 0.717) is 23.4 Å². The summed E-state index contributed by atoms with van der Waals surface area (Å²) in [4.78, 5) is 4.25. The highest BCUT2D eigenvalue weighted by atomic mass is 32.2. The van der Waals surface area contributed by atoms with Crippen LogP contribution >= 0.6 is 0 Å². The Morgan fingerprint density at radius 1 is 1.09 bits per heavy atom. The third-order valence-corrected chi connectivity index (χ3v) is 4.79. The lowest BCUT2D eigenvalue weighted by atomic mass is 10.2. The number of rotatable bonds is 5. The number of nitrogens with one attached hydrogen (secondary N) is 1. The van der Waals surface area contributed by atoms with Gasteiger partial charge < -0.3 is 4.74 Å². The zero-order valence-electron chi connectivity index (χ0n) is 12.6. The van der Waals surface area contributed by atoms with Crippen molar-refractivity contribution in [2.24, 2.45) is 0 Å². The first-order valence-electron chi connectivity index (χ1n) is 7.18. The van der Waals surface area contributed by atoms with Gasteiger partial charge in [-0.05, 0) is 43.3 Å². The number of fused-ring (bicyclic) bond motifs is 1. The van der Waals surface area contributed by atoms with Crippen LogP contribution in [-0.2, 0) is 10.0 Å². The van der Waals surface area contributed by atoms with Crippen molar-refractivity contribution in [2.45, 2.75) is 11.8 Å². The molecule has 1 N–H and O–H groups in total. The SMILES string of the molecule is CCOc1ccc(NS(=O)(=O)c2cccc3cnccc23)cc1. The van der Waals surface area contributed by atoms with Crippen molar-refractivity contribution < 1.29 is 13.2 Å². The second kappa shape index (κ2) is 6.26. The molecule has 3 aromatic rings. The molecule has 0 fully saturated rings. The molecule has 6 heteroatoms. The summed E-state index contributed by atoms with van der Waals surface area (Å²) in [7, 11) is -3.68. The van der Waals surface area contributed by atoms with Crippen LogP contribution in [0, 0.1) is 0 Å². The molecule has 0 bridgehead atoms. The predicted molar refractivity (Wildman–Crippen MR) is 90.2 cm³/mol. The van der Waals surface area contributed by atoms with Gasteiger partial charge >= 0.3 is 0 Å². The number of anilines is 1. The summed E-state index contributed by atoms with van der Waals surface area (Å²) in [5, 5.41) is 1.42.